The van der Waals surface area contributed by atoms with Crippen LogP contribution in [0, 0.1) is 0 Å². The summed E-state index contributed by atoms with van der Waals surface area (Å²) in [5.41, 5.74) is 0.415. The first kappa shape index (κ1) is 16.9. The summed E-state index contributed by atoms with van der Waals surface area (Å²) >= 11 is 1.78. The second-order valence-electron chi connectivity index (χ2n) is 6.16. The van der Waals surface area contributed by atoms with Gasteiger partial charge in [0.25, 0.3) is 5.91 Å². The van der Waals surface area contributed by atoms with Gasteiger partial charge in [0.15, 0.2) is 11.4 Å². The number of ether oxygens (including phenoxy) is 1. The lowest BCUT2D eigenvalue weighted by Crippen LogP contribution is -2.48. The Labute approximate surface area is 146 Å². The van der Waals surface area contributed by atoms with Crippen molar-refractivity contribution < 1.29 is 9.53 Å². The van der Waals surface area contributed by atoms with Gasteiger partial charge in [-0.05, 0) is 37.4 Å². The van der Waals surface area contributed by atoms with Gasteiger partial charge in [-0.3, -0.25) is 9.69 Å². The van der Waals surface area contributed by atoms with E-state index >= 15 is 0 Å². The highest BCUT2D eigenvalue weighted by Crippen LogP contribution is 2.20. The summed E-state index contributed by atoms with van der Waals surface area (Å²) in [4.78, 5) is 22.7. The number of hydrogen-bond donors (Lipinski definition) is 0. The van der Waals surface area contributed by atoms with E-state index in [1.54, 1.807) is 23.6 Å². The Bertz CT molecular complexity index is 665. The Kier molecular flexibility index (Phi) is 5.48. The zero-order chi connectivity index (χ0) is 16.9. The van der Waals surface area contributed by atoms with E-state index < -0.39 is 0 Å². The molecular formula is C18H23N3O2S. The molecule has 1 saturated heterocycles. The van der Waals surface area contributed by atoms with Gasteiger partial charge in [-0.15, -0.1) is 11.3 Å². The maximum Gasteiger partial charge on any atom is 0.276 e. The zero-order valence-electron chi connectivity index (χ0n) is 14.1. The molecule has 0 aromatic carbocycles. The average molecular weight is 345 g/mol. The van der Waals surface area contributed by atoms with Crippen molar-refractivity contribution in [1.29, 1.82) is 0 Å². The summed E-state index contributed by atoms with van der Waals surface area (Å²) in [6.45, 7) is 8.08. The molecule has 0 bridgehead atoms. The minimum atomic E-state index is -0.0398. The summed E-state index contributed by atoms with van der Waals surface area (Å²) in [6, 6.07) is 7.85. The monoisotopic (exact) mass is 345 g/mol. The fourth-order valence-corrected chi connectivity index (χ4v) is 3.53. The molecule has 5 nitrogen and oxygen atoms in total. The summed E-state index contributed by atoms with van der Waals surface area (Å²) in [7, 11) is 0. The van der Waals surface area contributed by atoms with E-state index in [1.807, 2.05) is 24.8 Å². The Morgan fingerprint density at radius 3 is 2.71 bits per heavy atom. The number of pyridine rings is 1. The fraction of sp³-hybridized carbons (Fsp3) is 0.444. The van der Waals surface area contributed by atoms with Crippen molar-refractivity contribution in [2.45, 2.75) is 26.5 Å². The maximum atomic E-state index is 12.8. The largest absolute Gasteiger partial charge is 0.489 e. The van der Waals surface area contributed by atoms with Gasteiger partial charge in [0.05, 0.1) is 6.10 Å². The number of aromatic nitrogens is 1. The summed E-state index contributed by atoms with van der Waals surface area (Å²) in [5, 5.41) is 2.10. The highest BCUT2D eigenvalue weighted by molar-refractivity contribution is 7.09. The van der Waals surface area contributed by atoms with Crippen LogP contribution >= 0.6 is 11.3 Å². The third-order valence-electron chi connectivity index (χ3n) is 3.95. The molecular weight excluding hydrogens is 322 g/mol. The minimum Gasteiger partial charge on any atom is -0.489 e. The number of thiophene rings is 1. The normalized spacial score (nSPS) is 15.7. The molecule has 0 N–H and O–H groups in total. The first-order chi connectivity index (χ1) is 11.6. The van der Waals surface area contributed by atoms with Crippen LogP contribution in [-0.2, 0) is 6.54 Å². The molecule has 24 heavy (non-hydrogen) atoms. The van der Waals surface area contributed by atoms with Gasteiger partial charge in [-0.1, -0.05) is 6.07 Å². The summed E-state index contributed by atoms with van der Waals surface area (Å²) < 4.78 is 5.73. The number of piperazine rings is 1. The van der Waals surface area contributed by atoms with Crippen LogP contribution in [0.5, 0.6) is 5.75 Å². The SMILES string of the molecule is CC(C)Oc1cccnc1C(=O)N1CCN(Cc2cccs2)CC1. The Hall–Kier alpha value is -1.92. The van der Waals surface area contributed by atoms with Crippen LogP contribution < -0.4 is 4.74 Å². The van der Waals surface area contributed by atoms with Crippen molar-refractivity contribution in [2.75, 3.05) is 26.2 Å². The third kappa shape index (κ3) is 4.13. The maximum absolute atomic E-state index is 12.8. The Balaban J connectivity index is 1.61. The second-order valence-corrected chi connectivity index (χ2v) is 7.20. The van der Waals surface area contributed by atoms with Crippen LogP contribution in [0.2, 0.25) is 0 Å². The number of amides is 1. The van der Waals surface area contributed by atoms with Crippen molar-refractivity contribution in [2.24, 2.45) is 0 Å². The topological polar surface area (TPSA) is 45.7 Å². The molecule has 0 unspecified atom stereocenters. The molecule has 0 atom stereocenters. The summed E-state index contributed by atoms with van der Waals surface area (Å²) in [6.07, 6.45) is 1.66. The first-order valence-corrected chi connectivity index (χ1v) is 9.17. The van der Waals surface area contributed by atoms with Gasteiger partial charge in [-0.25, -0.2) is 4.98 Å². The van der Waals surface area contributed by atoms with Crippen molar-refractivity contribution >= 4 is 17.2 Å². The quantitative estimate of drug-likeness (QED) is 0.836. The van der Waals surface area contributed by atoms with Gasteiger partial charge in [0.1, 0.15) is 0 Å². The molecule has 1 amide bonds. The molecule has 3 heterocycles. The van der Waals surface area contributed by atoms with Crippen LogP contribution in [0.15, 0.2) is 35.8 Å². The number of nitrogens with zero attached hydrogens (tertiary/aromatic N) is 3. The molecule has 128 valence electrons. The Morgan fingerprint density at radius 1 is 1.25 bits per heavy atom. The molecule has 0 spiro atoms. The molecule has 3 rings (SSSR count). The predicted octanol–water partition coefficient (Wildman–Crippen LogP) is 2.89. The van der Waals surface area contributed by atoms with E-state index in [2.05, 4.69) is 27.4 Å². The minimum absolute atomic E-state index is 0.0170. The van der Waals surface area contributed by atoms with Crippen molar-refractivity contribution in [1.82, 2.24) is 14.8 Å². The third-order valence-corrected chi connectivity index (χ3v) is 4.82. The van der Waals surface area contributed by atoms with Crippen LogP contribution in [0.1, 0.15) is 29.2 Å². The van der Waals surface area contributed by atoms with E-state index in [0.717, 1.165) is 32.7 Å². The molecule has 0 radical (unpaired) electrons. The second kappa shape index (κ2) is 7.77. The molecule has 2 aromatic rings. The number of rotatable bonds is 5. The van der Waals surface area contributed by atoms with Crippen molar-refractivity contribution in [3.8, 4) is 5.75 Å². The van der Waals surface area contributed by atoms with Crippen LogP contribution in [0.4, 0.5) is 0 Å². The molecule has 0 aliphatic carbocycles. The lowest BCUT2D eigenvalue weighted by molar-refractivity contribution is 0.0617. The van der Waals surface area contributed by atoms with Crippen molar-refractivity contribution in [3.63, 3.8) is 0 Å². The van der Waals surface area contributed by atoms with Gasteiger partial charge >= 0.3 is 0 Å². The molecule has 1 aliphatic rings. The van der Waals surface area contributed by atoms with Crippen LogP contribution in [-0.4, -0.2) is 53.0 Å². The van der Waals surface area contributed by atoms with Crippen LogP contribution in [0.3, 0.4) is 0 Å². The predicted molar refractivity (Wildman–Crippen MR) is 95.5 cm³/mol. The standard InChI is InChI=1S/C18H23N3O2S/c1-14(2)23-16-6-3-7-19-17(16)18(22)21-10-8-20(9-11-21)13-15-5-4-12-24-15/h3-7,12,14H,8-11,13H2,1-2H3. The zero-order valence-corrected chi connectivity index (χ0v) is 15.0. The van der Waals surface area contributed by atoms with E-state index in [9.17, 15) is 4.79 Å². The van der Waals surface area contributed by atoms with Gasteiger partial charge in [0, 0.05) is 43.8 Å². The smallest absolute Gasteiger partial charge is 0.276 e. The number of carbonyl (C=O) groups is 1. The van der Waals surface area contributed by atoms with Gasteiger partial charge < -0.3 is 9.64 Å². The van der Waals surface area contributed by atoms with Crippen molar-refractivity contribution in [3.05, 3.63) is 46.4 Å². The molecule has 1 fully saturated rings. The number of hydrogen-bond acceptors (Lipinski definition) is 5. The molecule has 1 aliphatic heterocycles. The molecule has 2 aromatic heterocycles. The van der Waals surface area contributed by atoms with Gasteiger partial charge in [-0.2, -0.15) is 0 Å². The Morgan fingerprint density at radius 2 is 2.04 bits per heavy atom. The van der Waals surface area contributed by atoms with Crippen LogP contribution in [0.25, 0.3) is 0 Å². The van der Waals surface area contributed by atoms with E-state index in [-0.39, 0.29) is 12.0 Å². The van der Waals surface area contributed by atoms with Gasteiger partial charge in [0.2, 0.25) is 0 Å². The molecule has 0 saturated carbocycles. The fourth-order valence-electron chi connectivity index (χ4n) is 2.78. The van der Waals surface area contributed by atoms with E-state index in [4.69, 9.17) is 4.74 Å². The highest BCUT2D eigenvalue weighted by atomic mass is 32.1. The summed E-state index contributed by atoms with van der Waals surface area (Å²) in [5.74, 6) is 0.528. The average Bonchev–Trinajstić information content (AvgIpc) is 3.08. The lowest BCUT2D eigenvalue weighted by Gasteiger charge is -2.34. The number of carbonyl (C=O) groups excluding carboxylic acids is 1. The van der Waals surface area contributed by atoms with E-state index in [0.29, 0.717) is 11.4 Å². The van der Waals surface area contributed by atoms with E-state index in [1.165, 1.54) is 4.88 Å². The first-order valence-electron chi connectivity index (χ1n) is 8.29. The highest BCUT2D eigenvalue weighted by Gasteiger charge is 2.25. The lowest BCUT2D eigenvalue weighted by atomic mass is 10.2. The molecule has 6 heteroatoms.